The molecule has 1 atom stereocenters. The molecule has 0 N–H and O–H groups in total. The predicted octanol–water partition coefficient (Wildman–Crippen LogP) is 3.02. The van der Waals surface area contributed by atoms with E-state index in [2.05, 4.69) is 0 Å². The van der Waals surface area contributed by atoms with Crippen LogP contribution in [0.4, 0.5) is 4.39 Å². The topological polar surface area (TPSA) is 76.8 Å². The summed E-state index contributed by atoms with van der Waals surface area (Å²) in [5, 5.41) is 0. The number of likely N-dealkylation sites (tertiary alicyclic amines) is 1. The lowest BCUT2D eigenvalue weighted by Gasteiger charge is -2.40. The number of rotatable bonds is 6. The number of carbonyl (C=O) groups excluding carboxylic acids is 3. The Kier molecular flexibility index (Phi) is 5.92. The summed E-state index contributed by atoms with van der Waals surface area (Å²) in [6.07, 6.45) is 2.36. The molecular weight excluding hydrogens is 365 g/mol. The third-order valence-corrected chi connectivity index (χ3v) is 5.00. The minimum Gasteiger partial charge on any atom is -0.466 e. The van der Waals surface area contributed by atoms with Gasteiger partial charge in [0.2, 0.25) is 0 Å². The maximum Gasteiger partial charge on any atom is 0.314 e. The van der Waals surface area contributed by atoms with Crippen molar-refractivity contribution < 1.29 is 27.9 Å². The van der Waals surface area contributed by atoms with Crippen LogP contribution in [0.25, 0.3) is 0 Å². The Balaban J connectivity index is 1.87. The van der Waals surface area contributed by atoms with Crippen LogP contribution < -0.4 is 0 Å². The van der Waals surface area contributed by atoms with Crippen molar-refractivity contribution in [3.8, 4) is 0 Å². The van der Waals surface area contributed by atoms with Gasteiger partial charge in [0.1, 0.15) is 5.82 Å². The second kappa shape index (κ2) is 8.37. The summed E-state index contributed by atoms with van der Waals surface area (Å²) < 4.78 is 24.5. The monoisotopic (exact) mass is 387 g/mol. The van der Waals surface area contributed by atoms with Gasteiger partial charge in [0.05, 0.1) is 18.3 Å². The lowest BCUT2D eigenvalue weighted by molar-refractivity contribution is -0.160. The Morgan fingerprint density at radius 3 is 2.68 bits per heavy atom. The molecule has 28 heavy (non-hydrogen) atoms. The maximum atomic E-state index is 14.2. The van der Waals surface area contributed by atoms with Crippen LogP contribution in [-0.2, 0) is 20.7 Å². The molecular formula is C21H22FNO5. The first-order chi connectivity index (χ1) is 13.5. The number of ether oxygens (including phenoxy) is 1. The molecule has 0 saturated carbocycles. The Bertz CT molecular complexity index is 863. The number of furan rings is 1. The minimum absolute atomic E-state index is 0.00848. The minimum atomic E-state index is -1.10. The first-order valence-electron chi connectivity index (χ1n) is 9.24. The molecule has 2 heterocycles. The fourth-order valence-electron chi connectivity index (χ4n) is 3.64. The second-order valence-corrected chi connectivity index (χ2v) is 6.91. The molecule has 7 heteroatoms. The van der Waals surface area contributed by atoms with Crippen molar-refractivity contribution in [2.45, 2.75) is 26.2 Å². The highest BCUT2D eigenvalue weighted by molar-refractivity contribution is 6.41. The summed E-state index contributed by atoms with van der Waals surface area (Å²) in [6.45, 7) is 2.20. The zero-order chi connectivity index (χ0) is 20.1. The van der Waals surface area contributed by atoms with E-state index in [0.717, 1.165) is 0 Å². The maximum absolute atomic E-state index is 14.2. The zero-order valence-corrected chi connectivity index (χ0v) is 15.7. The summed E-state index contributed by atoms with van der Waals surface area (Å²) >= 11 is 0. The summed E-state index contributed by atoms with van der Waals surface area (Å²) in [5.74, 6) is -2.46. The van der Waals surface area contributed by atoms with Crippen molar-refractivity contribution in [2.75, 3.05) is 19.7 Å². The average molecular weight is 387 g/mol. The van der Waals surface area contributed by atoms with Gasteiger partial charge in [-0.1, -0.05) is 18.2 Å². The van der Waals surface area contributed by atoms with E-state index in [-0.39, 0.29) is 25.3 Å². The molecule has 0 unspecified atom stereocenters. The highest BCUT2D eigenvalue weighted by Gasteiger charge is 2.46. The molecule has 0 aliphatic carbocycles. The molecule has 1 amide bonds. The van der Waals surface area contributed by atoms with E-state index in [9.17, 15) is 18.8 Å². The average Bonchev–Trinajstić information content (AvgIpc) is 3.24. The Morgan fingerprint density at radius 2 is 2.00 bits per heavy atom. The van der Waals surface area contributed by atoms with Gasteiger partial charge in [-0.2, -0.15) is 0 Å². The fourth-order valence-corrected chi connectivity index (χ4v) is 3.64. The quantitative estimate of drug-likeness (QED) is 0.433. The molecule has 0 bridgehead atoms. The Morgan fingerprint density at radius 1 is 1.21 bits per heavy atom. The lowest BCUT2D eigenvalue weighted by Crippen LogP contribution is -2.53. The summed E-state index contributed by atoms with van der Waals surface area (Å²) in [6, 6.07) is 9.17. The van der Waals surface area contributed by atoms with Gasteiger partial charge in [0.15, 0.2) is 5.76 Å². The number of esters is 1. The predicted molar refractivity (Wildman–Crippen MR) is 98.0 cm³/mol. The summed E-state index contributed by atoms with van der Waals surface area (Å²) in [7, 11) is 0. The molecule has 6 nitrogen and oxygen atoms in total. The van der Waals surface area contributed by atoms with Crippen molar-refractivity contribution in [2.24, 2.45) is 5.41 Å². The van der Waals surface area contributed by atoms with Crippen molar-refractivity contribution >= 4 is 17.7 Å². The Labute approximate surface area is 162 Å². The van der Waals surface area contributed by atoms with Crippen molar-refractivity contribution in [3.63, 3.8) is 0 Å². The molecule has 1 aromatic heterocycles. The highest BCUT2D eigenvalue weighted by Crippen LogP contribution is 2.36. The van der Waals surface area contributed by atoms with Gasteiger partial charge in [-0.25, -0.2) is 4.39 Å². The van der Waals surface area contributed by atoms with Crippen molar-refractivity contribution in [3.05, 3.63) is 59.8 Å². The first kappa shape index (κ1) is 19.8. The first-order valence-corrected chi connectivity index (χ1v) is 9.24. The number of carbonyl (C=O) groups is 3. The number of halogens is 1. The molecule has 2 aromatic rings. The number of piperidine rings is 1. The molecule has 0 spiro atoms. The van der Waals surface area contributed by atoms with E-state index in [0.29, 0.717) is 24.9 Å². The van der Waals surface area contributed by atoms with E-state index in [1.54, 1.807) is 25.1 Å². The van der Waals surface area contributed by atoms with Crippen LogP contribution in [-0.4, -0.2) is 42.3 Å². The zero-order valence-electron chi connectivity index (χ0n) is 15.7. The van der Waals surface area contributed by atoms with Gasteiger partial charge in [-0.15, -0.1) is 0 Å². The molecule has 1 aliphatic heterocycles. The van der Waals surface area contributed by atoms with Gasteiger partial charge in [0, 0.05) is 13.1 Å². The Hall–Kier alpha value is -2.96. The second-order valence-electron chi connectivity index (χ2n) is 6.91. The molecule has 1 fully saturated rings. The van der Waals surface area contributed by atoms with Gasteiger partial charge in [0.25, 0.3) is 11.7 Å². The van der Waals surface area contributed by atoms with E-state index in [1.807, 2.05) is 0 Å². The normalized spacial score (nSPS) is 19.3. The fraction of sp³-hybridized carbons (Fsp3) is 0.381. The molecule has 3 rings (SSSR count). The van der Waals surface area contributed by atoms with Crippen LogP contribution in [0.2, 0.25) is 0 Å². The number of hydrogen-bond donors (Lipinski definition) is 0. The van der Waals surface area contributed by atoms with Crippen molar-refractivity contribution in [1.82, 2.24) is 4.90 Å². The third kappa shape index (κ3) is 3.98. The van der Waals surface area contributed by atoms with Gasteiger partial charge < -0.3 is 14.1 Å². The number of ketones is 1. The lowest BCUT2D eigenvalue weighted by atomic mass is 9.74. The van der Waals surface area contributed by atoms with Crippen molar-refractivity contribution in [1.29, 1.82) is 0 Å². The van der Waals surface area contributed by atoms with Gasteiger partial charge in [-0.05, 0) is 49.9 Å². The van der Waals surface area contributed by atoms with Gasteiger partial charge >= 0.3 is 5.97 Å². The highest BCUT2D eigenvalue weighted by atomic mass is 19.1. The summed E-state index contributed by atoms with van der Waals surface area (Å²) in [5.41, 5.74) is -0.725. The van der Waals surface area contributed by atoms with Crippen LogP contribution in [0.15, 0.2) is 47.1 Å². The smallest absolute Gasteiger partial charge is 0.314 e. The van der Waals surface area contributed by atoms with Crippen LogP contribution in [0.5, 0.6) is 0 Å². The van der Waals surface area contributed by atoms with E-state index in [4.69, 9.17) is 9.15 Å². The largest absolute Gasteiger partial charge is 0.466 e. The molecule has 1 aliphatic rings. The van der Waals surface area contributed by atoms with Gasteiger partial charge in [-0.3, -0.25) is 14.4 Å². The van der Waals surface area contributed by atoms with E-state index < -0.39 is 28.9 Å². The third-order valence-electron chi connectivity index (χ3n) is 5.00. The van der Waals surface area contributed by atoms with Crippen LogP contribution in [0, 0.1) is 11.2 Å². The molecule has 1 saturated heterocycles. The number of Topliss-reactive ketones (excluding diaryl/α,β-unsaturated/α-hetero) is 1. The molecule has 0 radical (unpaired) electrons. The summed E-state index contributed by atoms with van der Waals surface area (Å²) in [4.78, 5) is 39.2. The van der Waals surface area contributed by atoms with Crippen LogP contribution in [0.3, 0.4) is 0 Å². The number of hydrogen-bond acceptors (Lipinski definition) is 5. The van der Waals surface area contributed by atoms with Crippen LogP contribution >= 0.6 is 0 Å². The number of amides is 1. The van der Waals surface area contributed by atoms with E-state index in [1.165, 1.54) is 29.4 Å². The SMILES string of the molecule is CCOC(=O)[C@@]1(Cc2ccccc2F)CCCN(C(=O)C(=O)c2ccco2)C1. The molecule has 1 aromatic carbocycles. The van der Waals surface area contributed by atoms with E-state index >= 15 is 0 Å². The molecule has 148 valence electrons. The number of nitrogens with zero attached hydrogens (tertiary/aromatic N) is 1. The standard InChI is InChI=1S/C21H22FNO5/c1-2-27-20(26)21(13-15-7-3-4-8-16(15)22)10-6-11-23(14-21)19(25)18(24)17-9-5-12-28-17/h3-5,7-9,12H,2,6,10-11,13-14H2,1H3/t21-/m1/s1. The van der Waals surface area contributed by atoms with Crippen LogP contribution in [0.1, 0.15) is 35.9 Å². The number of benzene rings is 1.